The first kappa shape index (κ1) is 17.7. The summed E-state index contributed by atoms with van der Waals surface area (Å²) in [6.07, 6.45) is -3.81. The highest BCUT2D eigenvalue weighted by Crippen LogP contribution is 2.49. The van der Waals surface area contributed by atoms with Gasteiger partial charge in [-0.25, -0.2) is 0 Å². The Hall–Kier alpha value is -2.09. The van der Waals surface area contributed by atoms with Gasteiger partial charge in [-0.3, -0.25) is 4.79 Å². The van der Waals surface area contributed by atoms with Crippen LogP contribution in [0.1, 0.15) is 42.1 Å². The zero-order valence-corrected chi connectivity index (χ0v) is 13.8. The van der Waals surface area contributed by atoms with Crippen molar-refractivity contribution in [1.29, 1.82) is 0 Å². The molecule has 0 bridgehead atoms. The number of carbonyl (C=O) groups excluding carboxylic acids is 1. The van der Waals surface area contributed by atoms with E-state index in [0.29, 0.717) is 18.4 Å². The van der Waals surface area contributed by atoms with Crippen LogP contribution in [0.15, 0.2) is 23.3 Å². The lowest BCUT2D eigenvalue weighted by molar-refractivity contribution is -0.312. The number of rotatable bonds is 1. The van der Waals surface area contributed by atoms with E-state index in [9.17, 15) is 28.2 Å². The SMILES string of the molecule is Cc1cccc(C(=O)N2N=C3[C@H](C)CCC[C@@H]3[C@]2(O)C(F)(F)F)c1O. The van der Waals surface area contributed by atoms with Crippen molar-refractivity contribution in [1.82, 2.24) is 5.01 Å². The van der Waals surface area contributed by atoms with Gasteiger partial charge in [-0.1, -0.05) is 25.5 Å². The molecule has 25 heavy (non-hydrogen) atoms. The smallest absolute Gasteiger partial charge is 0.439 e. The maximum absolute atomic E-state index is 13.8. The van der Waals surface area contributed by atoms with Crippen molar-refractivity contribution in [3.8, 4) is 5.75 Å². The van der Waals surface area contributed by atoms with E-state index in [-0.39, 0.29) is 28.6 Å². The molecule has 0 unspecified atom stereocenters. The number of nitrogens with zero attached hydrogens (tertiary/aromatic N) is 2. The van der Waals surface area contributed by atoms with Gasteiger partial charge < -0.3 is 10.2 Å². The molecule has 1 amide bonds. The summed E-state index contributed by atoms with van der Waals surface area (Å²) in [6, 6.07) is 4.20. The number of alkyl halides is 3. The summed E-state index contributed by atoms with van der Waals surface area (Å²) >= 11 is 0. The second kappa shape index (κ2) is 5.72. The molecule has 0 aromatic heterocycles. The van der Waals surface area contributed by atoms with Crippen LogP contribution in [-0.2, 0) is 0 Å². The molecule has 1 fully saturated rings. The number of phenolic OH excluding ortho intramolecular Hbond substituents is 1. The standard InChI is InChI=1S/C17H19F3N2O3/c1-9-5-4-8-12-13(9)21-22(16(12,25)17(18,19)20)15(24)11-7-3-6-10(2)14(11)23/h3,6-7,9,12,23,25H,4-5,8H2,1-2H3/t9-,12+,16+/m1/s1. The number of amides is 1. The molecule has 5 nitrogen and oxygen atoms in total. The topological polar surface area (TPSA) is 73.1 Å². The average molecular weight is 356 g/mol. The first-order valence-electron chi connectivity index (χ1n) is 8.09. The van der Waals surface area contributed by atoms with Gasteiger partial charge in [-0.05, 0) is 37.3 Å². The minimum Gasteiger partial charge on any atom is -0.507 e. The number of fused-ring (bicyclic) bond motifs is 1. The molecule has 1 saturated carbocycles. The van der Waals surface area contributed by atoms with Crippen molar-refractivity contribution in [3.05, 3.63) is 29.3 Å². The minimum atomic E-state index is -5.07. The van der Waals surface area contributed by atoms with Crippen molar-refractivity contribution >= 4 is 11.6 Å². The molecule has 0 saturated heterocycles. The van der Waals surface area contributed by atoms with Gasteiger partial charge in [0.2, 0.25) is 0 Å². The maximum Gasteiger partial charge on any atom is 0.439 e. The van der Waals surface area contributed by atoms with Crippen LogP contribution in [0, 0.1) is 18.8 Å². The van der Waals surface area contributed by atoms with Gasteiger partial charge in [0.05, 0.1) is 11.5 Å². The third-order valence-corrected chi connectivity index (χ3v) is 5.09. The van der Waals surface area contributed by atoms with Crippen molar-refractivity contribution < 1.29 is 28.2 Å². The highest BCUT2D eigenvalue weighted by Gasteiger charge is 2.69. The largest absolute Gasteiger partial charge is 0.507 e. The number of para-hydroxylation sites is 1. The normalized spacial score (nSPS) is 29.4. The first-order valence-corrected chi connectivity index (χ1v) is 8.09. The van der Waals surface area contributed by atoms with Crippen LogP contribution in [0.3, 0.4) is 0 Å². The Morgan fingerprint density at radius 2 is 2.04 bits per heavy atom. The number of halogens is 3. The molecule has 0 spiro atoms. The molecule has 1 aromatic rings. The van der Waals surface area contributed by atoms with Crippen LogP contribution in [0.4, 0.5) is 13.2 Å². The number of hydrazone groups is 1. The number of hydrogen-bond acceptors (Lipinski definition) is 4. The summed E-state index contributed by atoms with van der Waals surface area (Å²) in [5.41, 5.74) is -3.19. The summed E-state index contributed by atoms with van der Waals surface area (Å²) in [6.45, 7) is 3.26. The fourth-order valence-electron chi connectivity index (χ4n) is 3.65. The highest BCUT2D eigenvalue weighted by atomic mass is 19.4. The number of aromatic hydroxyl groups is 1. The van der Waals surface area contributed by atoms with Gasteiger partial charge in [0.15, 0.2) is 0 Å². The summed E-state index contributed by atoms with van der Waals surface area (Å²) in [5.74, 6) is -3.13. The van der Waals surface area contributed by atoms with Gasteiger partial charge in [0.25, 0.3) is 11.6 Å². The Labute approximate surface area is 142 Å². The van der Waals surface area contributed by atoms with E-state index in [0.717, 1.165) is 0 Å². The van der Waals surface area contributed by atoms with Crippen LogP contribution >= 0.6 is 0 Å². The fourth-order valence-corrected chi connectivity index (χ4v) is 3.65. The van der Waals surface area contributed by atoms with Gasteiger partial charge in [-0.2, -0.15) is 23.3 Å². The van der Waals surface area contributed by atoms with E-state index in [4.69, 9.17) is 0 Å². The van der Waals surface area contributed by atoms with Crippen LogP contribution in [-0.4, -0.2) is 38.7 Å². The van der Waals surface area contributed by atoms with E-state index >= 15 is 0 Å². The van der Waals surface area contributed by atoms with Crippen molar-refractivity contribution in [2.45, 2.75) is 45.0 Å². The lowest BCUT2D eigenvalue weighted by atomic mass is 9.75. The third-order valence-electron chi connectivity index (χ3n) is 5.09. The summed E-state index contributed by atoms with van der Waals surface area (Å²) < 4.78 is 41.3. The van der Waals surface area contributed by atoms with E-state index < -0.39 is 29.5 Å². The molecule has 3 atom stereocenters. The van der Waals surface area contributed by atoms with Gasteiger partial charge in [0, 0.05) is 5.71 Å². The number of benzene rings is 1. The summed E-state index contributed by atoms with van der Waals surface area (Å²) in [5, 5.41) is 24.6. The Morgan fingerprint density at radius 3 is 2.68 bits per heavy atom. The summed E-state index contributed by atoms with van der Waals surface area (Å²) in [4.78, 5) is 12.7. The molecule has 0 radical (unpaired) electrons. The van der Waals surface area contributed by atoms with E-state index in [1.807, 2.05) is 0 Å². The van der Waals surface area contributed by atoms with Gasteiger partial charge >= 0.3 is 6.18 Å². The Balaban J connectivity index is 2.12. The van der Waals surface area contributed by atoms with Gasteiger partial charge in [0.1, 0.15) is 5.75 Å². The van der Waals surface area contributed by atoms with E-state index in [1.165, 1.54) is 25.1 Å². The monoisotopic (exact) mass is 356 g/mol. The molecule has 1 aromatic carbocycles. The van der Waals surface area contributed by atoms with Crippen LogP contribution in [0.25, 0.3) is 0 Å². The molecular formula is C17H19F3N2O3. The lowest BCUT2D eigenvalue weighted by Gasteiger charge is -2.39. The predicted octanol–water partition coefficient (Wildman–Crippen LogP) is 3.20. The van der Waals surface area contributed by atoms with Crippen molar-refractivity contribution in [3.63, 3.8) is 0 Å². The van der Waals surface area contributed by atoms with Crippen LogP contribution in [0.5, 0.6) is 5.75 Å². The Bertz CT molecular complexity index is 747. The first-order chi connectivity index (χ1) is 11.6. The zero-order valence-electron chi connectivity index (χ0n) is 13.8. The van der Waals surface area contributed by atoms with E-state index in [2.05, 4.69) is 5.10 Å². The molecule has 1 aliphatic carbocycles. The molecule has 1 heterocycles. The second-order valence-electron chi connectivity index (χ2n) is 6.72. The maximum atomic E-state index is 13.8. The zero-order chi connectivity index (χ0) is 18.6. The Morgan fingerprint density at radius 1 is 1.36 bits per heavy atom. The molecule has 2 N–H and O–H groups in total. The predicted molar refractivity (Wildman–Crippen MR) is 84.0 cm³/mol. The number of phenols is 1. The average Bonchev–Trinajstić information content (AvgIpc) is 2.85. The summed E-state index contributed by atoms with van der Waals surface area (Å²) in [7, 11) is 0. The number of hydrogen-bond donors (Lipinski definition) is 2. The molecule has 136 valence electrons. The molecule has 3 rings (SSSR count). The fraction of sp³-hybridized carbons (Fsp3) is 0.529. The van der Waals surface area contributed by atoms with Gasteiger partial charge in [-0.15, -0.1) is 0 Å². The van der Waals surface area contributed by atoms with Crippen LogP contribution < -0.4 is 0 Å². The third kappa shape index (κ3) is 2.50. The molecular weight excluding hydrogens is 337 g/mol. The number of aliphatic hydroxyl groups is 1. The molecule has 8 heteroatoms. The molecule has 1 aliphatic heterocycles. The van der Waals surface area contributed by atoms with Crippen LogP contribution in [0.2, 0.25) is 0 Å². The van der Waals surface area contributed by atoms with Crippen molar-refractivity contribution in [2.75, 3.05) is 0 Å². The minimum absolute atomic E-state index is 0.1000. The quantitative estimate of drug-likeness (QED) is 0.812. The molecule has 2 aliphatic rings. The van der Waals surface area contributed by atoms with Crippen molar-refractivity contribution in [2.24, 2.45) is 16.9 Å². The lowest BCUT2D eigenvalue weighted by Crippen LogP contribution is -2.61. The van der Waals surface area contributed by atoms with E-state index in [1.54, 1.807) is 6.92 Å². The second-order valence-corrected chi connectivity index (χ2v) is 6.72. The number of carbonyl (C=O) groups is 1. The highest BCUT2D eigenvalue weighted by molar-refractivity contribution is 6.01. The number of aryl methyl sites for hydroxylation is 1. The Kier molecular flexibility index (Phi) is 4.06.